The van der Waals surface area contributed by atoms with Gasteiger partial charge in [0.05, 0.1) is 6.61 Å². The summed E-state index contributed by atoms with van der Waals surface area (Å²) in [6.45, 7) is 7.69. The van der Waals surface area contributed by atoms with Crippen LogP contribution in [0.3, 0.4) is 0 Å². The molecule has 0 spiro atoms. The summed E-state index contributed by atoms with van der Waals surface area (Å²) in [5.41, 5.74) is 1.37. The first-order chi connectivity index (χ1) is 12.4. The molecular formula is C22H34N2O. The standard InChI is InChI=1S/C22H34N2O/c1-2-25-21-13-7-6-11-19(21)17-24-16-15-23-14-8-12-20(23)22(24)18-9-4-3-5-10-18/h6-7,11,13,18,20,22H,2-5,8-10,12,14-17H2,1H3/t20-,22-/m0/s1. The van der Waals surface area contributed by atoms with E-state index in [2.05, 4.69) is 41.0 Å². The van der Waals surface area contributed by atoms with Crippen molar-refractivity contribution >= 4 is 0 Å². The average Bonchev–Trinajstić information content (AvgIpc) is 3.13. The third kappa shape index (κ3) is 3.73. The van der Waals surface area contributed by atoms with E-state index in [-0.39, 0.29) is 0 Å². The molecule has 1 aromatic rings. The molecule has 0 N–H and O–H groups in total. The van der Waals surface area contributed by atoms with E-state index in [0.29, 0.717) is 0 Å². The second-order valence-corrected chi connectivity index (χ2v) is 8.15. The van der Waals surface area contributed by atoms with Crippen LogP contribution >= 0.6 is 0 Å². The summed E-state index contributed by atoms with van der Waals surface area (Å²) in [6, 6.07) is 10.2. The molecule has 3 aliphatic rings. The van der Waals surface area contributed by atoms with Crippen LogP contribution in [0.5, 0.6) is 5.75 Å². The highest BCUT2D eigenvalue weighted by atomic mass is 16.5. The van der Waals surface area contributed by atoms with Crippen molar-refractivity contribution < 1.29 is 4.74 Å². The van der Waals surface area contributed by atoms with E-state index in [1.165, 1.54) is 70.1 Å². The van der Waals surface area contributed by atoms with Crippen LogP contribution in [-0.4, -0.2) is 48.1 Å². The smallest absolute Gasteiger partial charge is 0.123 e. The quantitative estimate of drug-likeness (QED) is 0.793. The van der Waals surface area contributed by atoms with E-state index in [0.717, 1.165) is 36.9 Å². The van der Waals surface area contributed by atoms with E-state index < -0.39 is 0 Å². The lowest BCUT2D eigenvalue weighted by Gasteiger charge is -2.49. The maximum Gasteiger partial charge on any atom is 0.123 e. The topological polar surface area (TPSA) is 15.7 Å². The summed E-state index contributed by atoms with van der Waals surface area (Å²) in [7, 11) is 0. The molecule has 0 unspecified atom stereocenters. The van der Waals surface area contributed by atoms with Crippen molar-refractivity contribution in [3.8, 4) is 5.75 Å². The van der Waals surface area contributed by atoms with Crippen LogP contribution in [0.4, 0.5) is 0 Å². The Morgan fingerprint density at radius 1 is 0.960 bits per heavy atom. The molecule has 0 amide bonds. The Hall–Kier alpha value is -1.06. The number of hydrogen-bond donors (Lipinski definition) is 0. The molecule has 138 valence electrons. The number of piperazine rings is 1. The van der Waals surface area contributed by atoms with Crippen LogP contribution in [0, 0.1) is 5.92 Å². The van der Waals surface area contributed by atoms with Gasteiger partial charge in [0, 0.05) is 37.3 Å². The second-order valence-electron chi connectivity index (χ2n) is 8.15. The van der Waals surface area contributed by atoms with E-state index >= 15 is 0 Å². The molecule has 2 atom stereocenters. The molecule has 4 rings (SSSR count). The minimum Gasteiger partial charge on any atom is -0.494 e. The lowest BCUT2D eigenvalue weighted by molar-refractivity contribution is -0.00418. The van der Waals surface area contributed by atoms with E-state index in [1.807, 2.05) is 0 Å². The molecular weight excluding hydrogens is 308 g/mol. The Labute approximate surface area is 153 Å². The Balaban J connectivity index is 1.56. The first-order valence-electron chi connectivity index (χ1n) is 10.6. The van der Waals surface area contributed by atoms with Crippen LogP contribution in [0.25, 0.3) is 0 Å². The Morgan fingerprint density at radius 2 is 1.80 bits per heavy atom. The maximum atomic E-state index is 5.91. The molecule has 0 bridgehead atoms. The van der Waals surface area contributed by atoms with E-state index in [4.69, 9.17) is 4.74 Å². The third-order valence-corrected chi connectivity index (χ3v) is 6.68. The van der Waals surface area contributed by atoms with E-state index in [9.17, 15) is 0 Å². The molecule has 3 heteroatoms. The van der Waals surface area contributed by atoms with Crippen molar-refractivity contribution in [3.05, 3.63) is 29.8 Å². The first kappa shape index (κ1) is 17.4. The number of hydrogen-bond acceptors (Lipinski definition) is 3. The van der Waals surface area contributed by atoms with Gasteiger partial charge in [-0.1, -0.05) is 37.5 Å². The molecule has 1 aliphatic carbocycles. The van der Waals surface area contributed by atoms with Gasteiger partial charge in [0.25, 0.3) is 0 Å². The van der Waals surface area contributed by atoms with Crippen LogP contribution in [-0.2, 0) is 6.54 Å². The molecule has 2 heterocycles. The van der Waals surface area contributed by atoms with Gasteiger partial charge < -0.3 is 4.74 Å². The second kappa shape index (κ2) is 8.09. The summed E-state index contributed by atoms with van der Waals surface area (Å²) in [6.07, 6.45) is 10.0. The predicted molar refractivity (Wildman–Crippen MR) is 103 cm³/mol. The number of nitrogens with zero attached hydrogens (tertiary/aromatic N) is 2. The third-order valence-electron chi connectivity index (χ3n) is 6.68. The van der Waals surface area contributed by atoms with Gasteiger partial charge in [0.2, 0.25) is 0 Å². The molecule has 2 aliphatic heterocycles. The van der Waals surface area contributed by atoms with Crippen LogP contribution in [0.1, 0.15) is 57.4 Å². The largest absolute Gasteiger partial charge is 0.494 e. The van der Waals surface area contributed by atoms with Crippen LogP contribution in [0.15, 0.2) is 24.3 Å². The van der Waals surface area contributed by atoms with E-state index in [1.54, 1.807) is 0 Å². The van der Waals surface area contributed by atoms with Gasteiger partial charge in [-0.05, 0) is 51.1 Å². The summed E-state index contributed by atoms with van der Waals surface area (Å²) in [5, 5.41) is 0. The zero-order valence-corrected chi connectivity index (χ0v) is 15.8. The first-order valence-corrected chi connectivity index (χ1v) is 10.6. The van der Waals surface area contributed by atoms with Crippen molar-refractivity contribution in [1.82, 2.24) is 9.80 Å². The van der Waals surface area contributed by atoms with Gasteiger partial charge in [-0.2, -0.15) is 0 Å². The van der Waals surface area contributed by atoms with Crippen molar-refractivity contribution in [2.75, 3.05) is 26.2 Å². The van der Waals surface area contributed by atoms with Gasteiger partial charge in [-0.3, -0.25) is 9.80 Å². The Morgan fingerprint density at radius 3 is 2.64 bits per heavy atom. The summed E-state index contributed by atoms with van der Waals surface area (Å²) < 4.78 is 5.91. The lowest BCUT2D eigenvalue weighted by Crippen LogP contribution is -2.59. The summed E-state index contributed by atoms with van der Waals surface area (Å²) >= 11 is 0. The molecule has 25 heavy (non-hydrogen) atoms. The highest BCUT2D eigenvalue weighted by molar-refractivity contribution is 5.33. The highest BCUT2D eigenvalue weighted by Crippen LogP contribution is 2.38. The highest BCUT2D eigenvalue weighted by Gasteiger charge is 2.43. The van der Waals surface area contributed by atoms with Crippen LogP contribution < -0.4 is 4.74 Å². The number of benzene rings is 1. The molecule has 3 fully saturated rings. The van der Waals surface area contributed by atoms with Crippen molar-refractivity contribution in [1.29, 1.82) is 0 Å². The maximum absolute atomic E-state index is 5.91. The monoisotopic (exact) mass is 342 g/mol. The molecule has 1 aromatic carbocycles. The normalized spacial score (nSPS) is 28.8. The number of fused-ring (bicyclic) bond motifs is 1. The van der Waals surface area contributed by atoms with Gasteiger partial charge in [0.1, 0.15) is 5.75 Å². The van der Waals surface area contributed by atoms with Gasteiger partial charge in [-0.15, -0.1) is 0 Å². The number of rotatable bonds is 5. The fraction of sp³-hybridized carbons (Fsp3) is 0.727. The van der Waals surface area contributed by atoms with Crippen LogP contribution in [0.2, 0.25) is 0 Å². The van der Waals surface area contributed by atoms with Crippen molar-refractivity contribution in [2.45, 2.75) is 70.5 Å². The summed E-state index contributed by atoms with van der Waals surface area (Å²) in [5.74, 6) is 1.99. The Kier molecular flexibility index (Phi) is 5.62. The van der Waals surface area contributed by atoms with Crippen molar-refractivity contribution in [3.63, 3.8) is 0 Å². The molecule has 3 nitrogen and oxygen atoms in total. The Bertz CT molecular complexity index is 555. The number of ether oxygens (including phenoxy) is 1. The molecule has 1 saturated carbocycles. The van der Waals surface area contributed by atoms with Crippen molar-refractivity contribution in [2.24, 2.45) is 5.92 Å². The molecule has 0 radical (unpaired) electrons. The SMILES string of the molecule is CCOc1ccccc1CN1CCN2CCC[C@H]2[C@@H]1C1CCCCC1. The minimum atomic E-state index is 0.749. The predicted octanol–water partition coefficient (Wildman–Crippen LogP) is 4.31. The molecule has 0 aromatic heterocycles. The zero-order valence-electron chi connectivity index (χ0n) is 15.8. The zero-order chi connectivity index (χ0) is 17.1. The molecule has 2 saturated heterocycles. The number of para-hydroxylation sites is 1. The summed E-state index contributed by atoms with van der Waals surface area (Å²) in [4.78, 5) is 5.62. The average molecular weight is 343 g/mol. The van der Waals surface area contributed by atoms with Gasteiger partial charge in [0.15, 0.2) is 0 Å². The fourth-order valence-electron chi connectivity index (χ4n) is 5.59. The minimum absolute atomic E-state index is 0.749. The van der Waals surface area contributed by atoms with Gasteiger partial charge >= 0.3 is 0 Å². The van der Waals surface area contributed by atoms with Gasteiger partial charge in [-0.25, -0.2) is 0 Å². The lowest BCUT2D eigenvalue weighted by atomic mass is 9.78. The fourth-order valence-corrected chi connectivity index (χ4v) is 5.59.